The molecule has 0 aliphatic rings. The van der Waals surface area contributed by atoms with Crippen LogP contribution in [-0.2, 0) is 17.9 Å². The minimum absolute atomic E-state index is 0.0391. The van der Waals surface area contributed by atoms with E-state index in [2.05, 4.69) is 58.2 Å². The molecule has 1 amide bonds. The van der Waals surface area contributed by atoms with Gasteiger partial charge in [0.25, 0.3) is 0 Å². The van der Waals surface area contributed by atoms with Crippen molar-refractivity contribution in [3.8, 4) is 0 Å². The zero-order valence-corrected chi connectivity index (χ0v) is 14.9. The summed E-state index contributed by atoms with van der Waals surface area (Å²) in [6, 6.07) is 10.3. The van der Waals surface area contributed by atoms with E-state index in [-0.39, 0.29) is 5.91 Å². The molecule has 1 heterocycles. The Morgan fingerprint density at radius 3 is 2.30 bits per heavy atom. The Hall–Kier alpha value is -1.69. The number of nitrogens with zero attached hydrogens (tertiary/aromatic N) is 2. The van der Waals surface area contributed by atoms with Gasteiger partial charge < -0.3 is 10.2 Å². The van der Waals surface area contributed by atoms with Gasteiger partial charge in [0.1, 0.15) is 0 Å². The third kappa shape index (κ3) is 6.52. The fourth-order valence-corrected chi connectivity index (χ4v) is 3.01. The lowest BCUT2D eigenvalue weighted by Gasteiger charge is -2.24. The highest BCUT2D eigenvalue weighted by atomic mass is 32.1. The Kier molecular flexibility index (Phi) is 6.77. The van der Waals surface area contributed by atoms with Crippen molar-refractivity contribution in [2.24, 2.45) is 0 Å². The quantitative estimate of drug-likeness (QED) is 0.806. The first-order valence-corrected chi connectivity index (χ1v) is 8.72. The summed E-state index contributed by atoms with van der Waals surface area (Å²) in [5.74, 6) is -0.0391. The van der Waals surface area contributed by atoms with Crippen LogP contribution >= 0.6 is 11.3 Å². The summed E-state index contributed by atoms with van der Waals surface area (Å²) in [5, 5.41) is 7.14. The summed E-state index contributed by atoms with van der Waals surface area (Å²) in [7, 11) is 4.20. The van der Waals surface area contributed by atoms with Gasteiger partial charge in [-0.2, -0.15) is 11.3 Å². The predicted molar refractivity (Wildman–Crippen MR) is 97.7 cm³/mol. The Balaban J connectivity index is 1.99. The molecule has 0 aliphatic heterocycles. The number of nitrogens with one attached hydrogen (secondary N) is 1. The molecule has 0 radical (unpaired) electrons. The summed E-state index contributed by atoms with van der Waals surface area (Å²) in [6.45, 7) is 5.46. The molecule has 1 aromatic heterocycles. The van der Waals surface area contributed by atoms with Crippen LogP contribution in [0.25, 0.3) is 0 Å². The van der Waals surface area contributed by atoms with E-state index in [9.17, 15) is 4.79 Å². The minimum atomic E-state index is -0.0391. The molecular weight excluding hydrogens is 306 g/mol. The zero-order chi connectivity index (χ0) is 16.7. The topological polar surface area (TPSA) is 35.6 Å². The van der Waals surface area contributed by atoms with E-state index in [4.69, 9.17) is 0 Å². The second-order valence-electron chi connectivity index (χ2n) is 6.02. The van der Waals surface area contributed by atoms with Crippen molar-refractivity contribution in [2.45, 2.75) is 20.0 Å². The van der Waals surface area contributed by atoms with E-state index in [1.807, 2.05) is 12.1 Å². The van der Waals surface area contributed by atoms with E-state index in [1.54, 1.807) is 11.3 Å². The second kappa shape index (κ2) is 8.82. The smallest absolute Gasteiger partial charge is 0.221 e. The Morgan fingerprint density at radius 2 is 1.74 bits per heavy atom. The van der Waals surface area contributed by atoms with Gasteiger partial charge in [0, 0.05) is 38.8 Å². The van der Waals surface area contributed by atoms with Crippen LogP contribution in [0, 0.1) is 0 Å². The molecule has 2 aromatic rings. The molecular formula is C18H25N3OS. The van der Waals surface area contributed by atoms with Crippen LogP contribution in [-0.4, -0.2) is 42.9 Å². The predicted octanol–water partition coefficient (Wildman–Crippen LogP) is 3.27. The van der Waals surface area contributed by atoms with Gasteiger partial charge in [-0.15, -0.1) is 0 Å². The molecule has 4 nitrogen and oxygen atoms in total. The first-order valence-electron chi connectivity index (χ1n) is 7.77. The molecule has 0 saturated heterocycles. The molecule has 2 rings (SSSR count). The largest absolute Gasteiger partial charge is 0.326 e. The third-order valence-electron chi connectivity index (χ3n) is 3.53. The highest BCUT2D eigenvalue weighted by molar-refractivity contribution is 7.07. The Morgan fingerprint density at radius 1 is 1.04 bits per heavy atom. The number of carbonyl (C=O) groups is 1. The van der Waals surface area contributed by atoms with Crippen molar-refractivity contribution in [2.75, 3.05) is 32.5 Å². The van der Waals surface area contributed by atoms with E-state index < -0.39 is 0 Å². The zero-order valence-electron chi connectivity index (χ0n) is 14.1. The number of likely N-dealkylation sites (N-methyl/N-ethyl adjacent to an activating group) is 1. The van der Waals surface area contributed by atoms with Crippen LogP contribution in [0.5, 0.6) is 0 Å². The number of benzene rings is 1. The van der Waals surface area contributed by atoms with Gasteiger partial charge in [0.05, 0.1) is 0 Å². The number of hydrogen-bond donors (Lipinski definition) is 1. The number of amides is 1. The molecule has 0 bridgehead atoms. The maximum atomic E-state index is 11.1. The Labute approximate surface area is 142 Å². The van der Waals surface area contributed by atoms with Crippen LogP contribution < -0.4 is 5.32 Å². The molecule has 1 aromatic carbocycles. The first-order chi connectivity index (χ1) is 11.0. The average molecular weight is 331 g/mol. The second-order valence-corrected chi connectivity index (χ2v) is 6.80. The van der Waals surface area contributed by atoms with Crippen molar-refractivity contribution in [3.63, 3.8) is 0 Å². The molecule has 0 spiro atoms. The average Bonchev–Trinajstić information content (AvgIpc) is 2.99. The fourth-order valence-electron chi connectivity index (χ4n) is 2.35. The van der Waals surface area contributed by atoms with Gasteiger partial charge >= 0.3 is 0 Å². The van der Waals surface area contributed by atoms with Gasteiger partial charge in [0.15, 0.2) is 0 Å². The van der Waals surface area contributed by atoms with Gasteiger partial charge in [0.2, 0.25) is 5.91 Å². The molecule has 5 heteroatoms. The normalized spacial score (nSPS) is 11.2. The minimum Gasteiger partial charge on any atom is -0.326 e. The molecule has 124 valence electrons. The molecule has 0 fully saturated rings. The van der Waals surface area contributed by atoms with Gasteiger partial charge in [-0.05, 0) is 54.2 Å². The van der Waals surface area contributed by atoms with E-state index in [0.717, 1.165) is 31.9 Å². The van der Waals surface area contributed by atoms with E-state index in [1.165, 1.54) is 18.1 Å². The molecule has 0 unspecified atom stereocenters. The summed E-state index contributed by atoms with van der Waals surface area (Å²) in [5.41, 5.74) is 3.47. The van der Waals surface area contributed by atoms with Crippen LogP contribution in [0.3, 0.4) is 0 Å². The van der Waals surface area contributed by atoms with E-state index in [0.29, 0.717) is 0 Å². The monoisotopic (exact) mass is 331 g/mol. The highest BCUT2D eigenvalue weighted by Gasteiger charge is 2.08. The third-order valence-corrected chi connectivity index (χ3v) is 4.26. The van der Waals surface area contributed by atoms with Gasteiger partial charge in [-0.25, -0.2) is 0 Å². The molecule has 1 N–H and O–H groups in total. The maximum Gasteiger partial charge on any atom is 0.221 e. The van der Waals surface area contributed by atoms with Crippen LogP contribution in [0.4, 0.5) is 5.69 Å². The fraction of sp³-hybridized carbons (Fsp3) is 0.389. The summed E-state index contributed by atoms with van der Waals surface area (Å²) < 4.78 is 0. The molecule has 0 aliphatic carbocycles. The summed E-state index contributed by atoms with van der Waals surface area (Å²) in [6.07, 6.45) is 0. The van der Waals surface area contributed by atoms with Crippen molar-refractivity contribution in [3.05, 3.63) is 52.2 Å². The van der Waals surface area contributed by atoms with Crippen molar-refractivity contribution >= 4 is 22.9 Å². The lowest BCUT2D eigenvalue weighted by molar-refractivity contribution is -0.114. The number of carbonyl (C=O) groups excluding carboxylic acids is 1. The molecule has 23 heavy (non-hydrogen) atoms. The SMILES string of the molecule is CC(=O)Nc1ccc(CN(CCN(C)C)Cc2ccsc2)cc1. The molecule has 0 saturated carbocycles. The van der Waals surface area contributed by atoms with Crippen LogP contribution in [0.2, 0.25) is 0 Å². The highest BCUT2D eigenvalue weighted by Crippen LogP contribution is 2.15. The lowest BCUT2D eigenvalue weighted by Crippen LogP contribution is -2.31. The number of thiophene rings is 1. The standard InChI is InChI=1S/C18H25N3OS/c1-15(22)19-18-6-4-16(5-7-18)12-21(10-9-20(2)3)13-17-8-11-23-14-17/h4-8,11,14H,9-10,12-13H2,1-3H3,(H,19,22). The first kappa shape index (κ1) is 17.7. The maximum absolute atomic E-state index is 11.1. The number of hydrogen-bond acceptors (Lipinski definition) is 4. The van der Waals surface area contributed by atoms with Crippen molar-refractivity contribution < 1.29 is 4.79 Å². The summed E-state index contributed by atoms with van der Waals surface area (Å²) in [4.78, 5) is 15.7. The molecule has 0 atom stereocenters. The van der Waals surface area contributed by atoms with Crippen LogP contribution in [0.15, 0.2) is 41.1 Å². The summed E-state index contributed by atoms with van der Waals surface area (Å²) >= 11 is 1.74. The van der Waals surface area contributed by atoms with Crippen LogP contribution in [0.1, 0.15) is 18.1 Å². The number of anilines is 1. The number of rotatable bonds is 8. The van der Waals surface area contributed by atoms with E-state index >= 15 is 0 Å². The Bertz CT molecular complexity index is 593. The van der Waals surface area contributed by atoms with Gasteiger partial charge in [-0.3, -0.25) is 9.69 Å². The van der Waals surface area contributed by atoms with Gasteiger partial charge in [-0.1, -0.05) is 12.1 Å². The van der Waals surface area contributed by atoms with Crippen molar-refractivity contribution in [1.82, 2.24) is 9.80 Å². The van der Waals surface area contributed by atoms with Crippen molar-refractivity contribution in [1.29, 1.82) is 0 Å². The lowest BCUT2D eigenvalue weighted by atomic mass is 10.1.